The van der Waals surface area contributed by atoms with Crippen LogP contribution in [0.1, 0.15) is 56.1 Å². The van der Waals surface area contributed by atoms with Crippen molar-refractivity contribution >= 4 is 11.9 Å². The molecule has 1 aliphatic carbocycles. The van der Waals surface area contributed by atoms with E-state index >= 15 is 0 Å². The van der Waals surface area contributed by atoms with Crippen molar-refractivity contribution in [2.24, 2.45) is 5.92 Å². The molecule has 1 aliphatic heterocycles. The van der Waals surface area contributed by atoms with Crippen molar-refractivity contribution in [3.63, 3.8) is 0 Å². The Hall–Kier alpha value is -1.88. The van der Waals surface area contributed by atoms with Gasteiger partial charge in [0.05, 0.1) is 6.10 Å². The molecule has 0 spiro atoms. The molecule has 2 aliphatic rings. The molecular formula is C20H27NO4. The maximum Gasteiger partial charge on any atom is 0.326 e. The monoisotopic (exact) mass is 345 g/mol. The van der Waals surface area contributed by atoms with Crippen molar-refractivity contribution in [1.82, 2.24) is 5.32 Å². The summed E-state index contributed by atoms with van der Waals surface area (Å²) in [5, 5.41) is 12.4. The van der Waals surface area contributed by atoms with E-state index in [0.717, 1.165) is 19.3 Å². The maximum atomic E-state index is 12.5. The smallest absolute Gasteiger partial charge is 0.326 e. The van der Waals surface area contributed by atoms with Gasteiger partial charge in [0.15, 0.2) is 0 Å². The fraction of sp³-hybridized carbons (Fsp3) is 0.600. The first-order valence-electron chi connectivity index (χ1n) is 9.27. The lowest BCUT2D eigenvalue weighted by Gasteiger charge is -2.30. The van der Waals surface area contributed by atoms with Gasteiger partial charge in [0.2, 0.25) is 5.91 Å². The van der Waals surface area contributed by atoms with Crippen molar-refractivity contribution in [2.75, 3.05) is 6.61 Å². The number of carbonyl (C=O) groups is 2. The third kappa shape index (κ3) is 4.40. The summed E-state index contributed by atoms with van der Waals surface area (Å²) in [6.45, 7) is 2.51. The van der Waals surface area contributed by atoms with Crippen LogP contribution in [-0.4, -0.2) is 35.7 Å². The predicted molar refractivity (Wildman–Crippen MR) is 94.4 cm³/mol. The molecule has 0 saturated carbocycles. The van der Waals surface area contributed by atoms with E-state index in [0.29, 0.717) is 25.9 Å². The number of benzene rings is 1. The van der Waals surface area contributed by atoms with E-state index < -0.39 is 12.0 Å². The summed E-state index contributed by atoms with van der Waals surface area (Å²) in [6.07, 6.45) is 4.93. The quantitative estimate of drug-likeness (QED) is 0.860. The zero-order valence-corrected chi connectivity index (χ0v) is 14.7. The number of carbonyl (C=O) groups excluding carboxylic acids is 1. The molecule has 1 aromatic carbocycles. The number of carboxylic acid groups (broad SMARTS) is 1. The summed E-state index contributed by atoms with van der Waals surface area (Å²) in [5.74, 6) is -1.05. The van der Waals surface area contributed by atoms with Crippen LogP contribution >= 0.6 is 0 Å². The van der Waals surface area contributed by atoms with Crippen molar-refractivity contribution in [3.05, 3.63) is 35.4 Å². The molecule has 1 amide bonds. The highest BCUT2D eigenvalue weighted by atomic mass is 16.5. The molecule has 2 N–H and O–H groups in total. The fourth-order valence-electron chi connectivity index (χ4n) is 4.13. The van der Waals surface area contributed by atoms with Gasteiger partial charge in [-0.1, -0.05) is 24.3 Å². The Kier molecular flexibility index (Phi) is 5.74. The van der Waals surface area contributed by atoms with E-state index in [1.54, 1.807) is 0 Å². The lowest BCUT2D eigenvalue weighted by atomic mass is 9.79. The van der Waals surface area contributed by atoms with Crippen LogP contribution in [0.3, 0.4) is 0 Å². The van der Waals surface area contributed by atoms with Crippen molar-refractivity contribution in [3.8, 4) is 0 Å². The second kappa shape index (κ2) is 8.00. The molecule has 0 aromatic heterocycles. The first kappa shape index (κ1) is 17.9. The van der Waals surface area contributed by atoms with Crippen LogP contribution in [0.25, 0.3) is 0 Å². The molecule has 0 bridgehead atoms. The van der Waals surface area contributed by atoms with Gasteiger partial charge in [0, 0.05) is 12.5 Å². The van der Waals surface area contributed by atoms with Gasteiger partial charge in [-0.25, -0.2) is 4.79 Å². The molecule has 1 aromatic rings. The summed E-state index contributed by atoms with van der Waals surface area (Å²) in [4.78, 5) is 24.2. The number of rotatable bonds is 5. The molecule has 0 unspecified atom stereocenters. The molecule has 1 heterocycles. The van der Waals surface area contributed by atoms with Gasteiger partial charge < -0.3 is 15.2 Å². The van der Waals surface area contributed by atoms with Crippen LogP contribution < -0.4 is 5.32 Å². The number of hydrogen-bond acceptors (Lipinski definition) is 3. The van der Waals surface area contributed by atoms with Crippen LogP contribution in [0.5, 0.6) is 0 Å². The molecule has 0 radical (unpaired) electrons. The molecular weight excluding hydrogens is 318 g/mol. The minimum absolute atomic E-state index is 0.0537. The Morgan fingerprint density at radius 1 is 1.32 bits per heavy atom. The predicted octanol–water partition coefficient (Wildman–Crippen LogP) is 2.88. The average molecular weight is 345 g/mol. The highest BCUT2D eigenvalue weighted by Crippen LogP contribution is 2.34. The van der Waals surface area contributed by atoms with Crippen LogP contribution in [0, 0.1) is 5.92 Å². The normalized spacial score (nSPS) is 27.2. The molecule has 25 heavy (non-hydrogen) atoms. The third-order valence-corrected chi connectivity index (χ3v) is 5.48. The Balaban J connectivity index is 1.66. The summed E-state index contributed by atoms with van der Waals surface area (Å²) >= 11 is 0. The van der Waals surface area contributed by atoms with Gasteiger partial charge in [-0.05, 0) is 62.5 Å². The van der Waals surface area contributed by atoms with Crippen molar-refractivity contribution in [2.45, 2.75) is 63.5 Å². The molecule has 136 valence electrons. The molecule has 1 fully saturated rings. The number of aliphatic carboxylic acids is 1. The van der Waals surface area contributed by atoms with Crippen molar-refractivity contribution < 1.29 is 19.4 Å². The average Bonchev–Trinajstić information content (AvgIpc) is 2.61. The number of hydrogen-bond donors (Lipinski definition) is 2. The van der Waals surface area contributed by atoms with Gasteiger partial charge in [0.1, 0.15) is 6.04 Å². The van der Waals surface area contributed by atoms with Crippen LogP contribution in [-0.2, 0) is 20.7 Å². The first-order valence-corrected chi connectivity index (χ1v) is 9.27. The zero-order valence-electron chi connectivity index (χ0n) is 14.7. The Morgan fingerprint density at radius 2 is 2.12 bits per heavy atom. The van der Waals surface area contributed by atoms with E-state index in [1.807, 2.05) is 19.1 Å². The second-order valence-corrected chi connectivity index (χ2v) is 7.33. The maximum absolute atomic E-state index is 12.5. The number of ether oxygens (including phenoxy) is 1. The lowest BCUT2D eigenvalue weighted by molar-refractivity contribution is -0.143. The molecule has 4 atom stereocenters. The molecule has 3 rings (SSSR count). The first-order chi connectivity index (χ1) is 12.0. The molecule has 1 saturated heterocycles. The molecule has 5 heteroatoms. The molecule has 5 nitrogen and oxygen atoms in total. The zero-order chi connectivity index (χ0) is 17.8. The van der Waals surface area contributed by atoms with Gasteiger partial charge in [-0.3, -0.25) is 4.79 Å². The highest BCUT2D eigenvalue weighted by Gasteiger charge is 2.31. The Bertz CT molecular complexity index is 630. The largest absolute Gasteiger partial charge is 0.480 e. The number of amides is 1. The summed E-state index contributed by atoms with van der Waals surface area (Å²) in [7, 11) is 0. The number of fused-ring (bicyclic) bond motifs is 1. The van der Waals surface area contributed by atoms with E-state index in [9.17, 15) is 14.7 Å². The van der Waals surface area contributed by atoms with Crippen LogP contribution in [0.15, 0.2) is 24.3 Å². The second-order valence-electron chi connectivity index (χ2n) is 7.33. The fourth-order valence-corrected chi connectivity index (χ4v) is 4.13. The summed E-state index contributed by atoms with van der Waals surface area (Å²) in [5.41, 5.74) is 2.56. The van der Waals surface area contributed by atoms with Gasteiger partial charge in [-0.15, -0.1) is 0 Å². The highest BCUT2D eigenvalue weighted by molar-refractivity contribution is 5.85. The lowest BCUT2D eigenvalue weighted by Crippen LogP contribution is -2.46. The number of carboxylic acids is 1. The van der Waals surface area contributed by atoms with E-state index in [-0.39, 0.29) is 23.8 Å². The summed E-state index contributed by atoms with van der Waals surface area (Å²) < 4.78 is 5.47. The van der Waals surface area contributed by atoms with Crippen molar-refractivity contribution in [1.29, 1.82) is 0 Å². The standard InChI is InChI=1S/C20H27NO4/c1-13-11-16(9-10-25-13)19(22)21-18(20(23)24)12-15-7-4-6-14-5-2-3-8-17(14)15/h2-3,5,8,13,15-16,18H,4,6-7,9-12H2,1H3,(H,21,22)(H,23,24)/t13-,15-,16-,18+/m1/s1. The van der Waals surface area contributed by atoms with E-state index in [2.05, 4.69) is 17.4 Å². The van der Waals surface area contributed by atoms with Crippen LogP contribution in [0.2, 0.25) is 0 Å². The Labute approximate surface area is 148 Å². The van der Waals surface area contributed by atoms with E-state index in [1.165, 1.54) is 11.1 Å². The Morgan fingerprint density at radius 3 is 2.88 bits per heavy atom. The topological polar surface area (TPSA) is 75.6 Å². The number of nitrogens with one attached hydrogen (secondary N) is 1. The minimum atomic E-state index is -0.948. The SMILES string of the molecule is C[C@@H]1C[C@H](C(=O)N[C@@H](C[C@H]2CCCc3ccccc32)C(=O)O)CCO1. The van der Waals surface area contributed by atoms with Gasteiger partial charge in [0.25, 0.3) is 0 Å². The van der Waals surface area contributed by atoms with Gasteiger partial charge in [-0.2, -0.15) is 0 Å². The van der Waals surface area contributed by atoms with E-state index in [4.69, 9.17) is 4.74 Å². The third-order valence-electron chi connectivity index (χ3n) is 5.48. The van der Waals surface area contributed by atoms with Crippen LogP contribution in [0.4, 0.5) is 0 Å². The minimum Gasteiger partial charge on any atom is -0.480 e. The summed E-state index contributed by atoms with van der Waals surface area (Å²) in [6, 6.07) is 7.43. The number of aryl methyl sites for hydroxylation is 1. The van der Waals surface area contributed by atoms with Gasteiger partial charge >= 0.3 is 5.97 Å².